The maximum absolute atomic E-state index is 12.6. The highest BCUT2D eigenvalue weighted by molar-refractivity contribution is 5.79. The summed E-state index contributed by atoms with van der Waals surface area (Å²) in [5.74, 6) is 0.621. The van der Waals surface area contributed by atoms with Crippen LogP contribution in [-0.4, -0.2) is 23.9 Å². The molecule has 1 amide bonds. The molecule has 3 heteroatoms. The highest BCUT2D eigenvalue weighted by Crippen LogP contribution is 2.16. The highest BCUT2D eigenvalue weighted by Gasteiger charge is 2.23. The molecule has 1 aromatic rings. The summed E-state index contributed by atoms with van der Waals surface area (Å²) < 4.78 is 0. The number of nitrogens with zero attached hydrogens (tertiary/aromatic N) is 1. The Kier molecular flexibility index (Phi) is 6.73. The van der Waals surface area contributed by atoms with E-state index < -0.39 is 0 Å². The molecular weight excluding hydrogens is 248 g/mol. The zero-order valence-corrected chi connectivity index (χ0v) is 13.2. The number of rotatable bonds is 7. The molecule has 1 rings (SSSR count). The molecular formula is C17H28N2O. The van der Waals surface area contributed by atoms with E-state index in [1.54, 1.807) is 0 Å². The summed E-state index contributed by atoms with van der Waals surface area (Å²) in [6.45, 7) is 10.2. The van der Waals surface area contributed by atoms with Gasteiger partial charge in [-0.2, -0.15) is 0 Å². The predicted molar refractivity (Wildman–Crippen MR) is 84.3 cm³/mol. The minimum absolute atomic E-state index is 0.0558. The van der Waals surface area contributed by atoms with Crippen molar-refractivity contribution in [3.8, 4) is 0 Å². The molecule has 0 aliphatic heterocycles. The Labute approximate surface area is 123 Å². The summed E-state index contributed by atoms with van der Waals surface area (Å²) in [7, 11) is 0. The fourth-order valence-corrected chi connectivity index (χ4v) is 2.50. The molecule has 0 radical (unpaired) electrons. The van der Waals surface area contributed by atoms with Gasteiger partial charge in [0.15, 0.2) is 0 Å². The lowest BCUT2D eigenvalue weighted by Crippen LogP contribution is -2.39. The molecule has 0 bridgehead atoms. The maximum atomic E-state index is 12.6. The van der Waals surface area contributed by atoms with E-state index in [-0.39, 0.29) is 11.8 Å². The average molecular weight is 276 g/mol. The molecule has 2 N–H and O–H groups in total. The zero-order chi connectivity index (χ0) is 15.1. The number of carbonyl (C=O) groups excluding carboxylic acids is 1. The zero-order valence-electron chi connectivity index (χ0n) is 13.2. The van der Waals surface area contributed by atoms with Gasteiger partial charge in [-0.25, -0.2) is 0 Å². The molecule has 1 aromatic carbocycles. The Morgan fingerprint density at radius 2 is 2.05 bits per heavy atom. The van der Waals surface area contributed by atoms with Gasteiger partial charge in [0.05, 0.1) is 5.92 Å². The molecule has 0 fully saturated rings. The second kappa shape index (κ2) is 8.05. The topological polar surface area (TPSA) is 46.3 Å². The molecule has 112 valence electrons. The largest absolute Gasteiger partial charge is 0.338 e. The van der Waals surface area contributed by atoms with Crippen LogP contribution >= 0.6 is 0 Å². The summed E-state index contributed by atoms with van der Waals surface area (Å²) >= 11 is 0. The molecule has 0 saturated heterocycles. The number of hydrogen-bond donors (Lipinski definition) is 1. The van der Waals surface area contributed by atoms with E-state index in [1.165, 1.54) is 11.1 Å². The second-order valence-corrected chi connectivity index (χ2v) is 5.90. The molecule has 20 heavy (non-hydrogen) atoms. The number of carbonyl (C=O) groups is 1. The Morgan fingerprint density at radius 3 is 2.55 bits per heavy atom. The Bertz CT molecular complexity index is 429. The number of aryl methyl sites for hydroxylation is 1. The Hall–Kier alpha value is -1.35. The van der Waals surface area contributed by atoms with Crippen molar-refractivity contribution in [3.63, 3.8) is 0 Å². The van der Waals surface area contributed by atoms with Crippen LogP contribution < -0.4 is 5.73 Å². The van der Waals surface area contributed by atoms with E-state index in [4.69, 9.17) is 5.73 Å². The first-order chi connectivity index (χ1) is 9.47. The number of amides is 1. The first kappa shape index (κ1) is 16.7. The van der Waals surface area contributed by atoms with E-state index >= 15 is 0 Å². The summed E-state index contributed by atoms with van der Waals surface area (Å²) in [5, 5.41) is 0. The minimum atomic E-state index is -0.0558. The van der Waals surface area contributed by atoms with E-state index in [0.29, 0.717) is 19.0 Å². The van der Waals surface area contributed by atoms with Crippen LogP contribution in [-0.2, 0) is 11.3 Å². The molecule has 1 unspecified atom stereocenters. The van der Waals surface area contributed by atoms with Crippen LogP contribution in [0.5, 0.6) is 0 Å². The summed E-state index contributed by atoms with van der Waals surface area (Å²) in [6, 6.07) is 8.32. The van der Waals surface area contributed by atoms with Gasteiger partial charge >= 0.3 is 0 Å². The van der Waals surface area contributed by atoms with E-state index in [0.717, 1.165) is 13.0 Å². The molecule has 0 saturated carbocycles. The highest BCUT2D eigenvalue weighted by atomic mass is 16.2. The fraction of sp³-hybridized carbons (Fsp3) is 0.588. The molecule has 1 atom stereocenters. The van der Waals surface area contributed by atoms with Gasteiger partial charge in [-0.05, 0) is 31.7 Å². The Balaban J connectivity index is 2.76. The van der Waals surface area contributed by atoms with E-state index in [1.807, 2.05) is 17.9 Å². The second-order valence-electron chi connectivity index (χ2n) is 5.90. The number of hydrogen-bond acceptors (Lipinski definition) is 2. The SMILES string of the molecule is CCN(Cc1cccc(C)c1)C(=O)C(CN)CC(C)C. The van der Waals surface area contributed by atoms with Crippen LogP contribution in [0.15, 0.2) is 24.3 Å². The first-order valence-corrected chi connectivity index (χ1v) is 7.52. The van der Waals surface area contributed by atoms with Gasteiger partial charge in [0.2, 0.25) is 5.91 Å². The van der Waals surface area contributed by atoms with Crippen LogP contribution in [0.2, 0.25) is 0 Å². The fourth-order valence-electron chi connectivity index (χ4n) is 2.50. The third-order valence-electron chi connectivity index (χ3n) is 3.54. The molecule has 0 aliphatic carbocycles. The average Bonchev–Trinajstić information content (AvgIpc) is 2.41. The van der Waals surface area contributed by atoms with Crippen LogP contribution in [0.25, 0.3) is 0 Å². The van der Waals surface area contributed by atoms with Gasteiger partial charge in [-0.3, -0.25) is 4.79 Å². The maximum Gasteiger partial charge on any atom is 0.227 e. The molecule has 0 aromatic heterocycles. The van der Waals surface area contributed by atoms with Crippen molar-refractivity contribution in [2.45, 2.75) is 40.7 Å². The summed E-state index contributed by atoms with van der Waals surface area (Å²) in [5.41, 5.74) is 8.19. The summed E-state index contributed by atoms with van der Waals surface area (Å²) in [4.78, 5) is 14.5. The monoisotopic (exact) mass is 276 g/mol. The summed E-state index contributed by atoms with van der Waals surface area (Å²) in [6.07, 6.45) is 0.861. The van der Waals surface area contributed by atoms with Crippen molar-refractivity contribution >= 4 is 5.91 Å². The minimum Gasteiger partial charge on any atom is -0.338 e. The number of benzene rings is 1. The lowest BCUT2D eigenvalue weighted by Gasteiger charge is -2.26. The van der Waals surface area contributed by atoms with E-state index in [2.05, 4.69) is 39.0 Å². The number of nitrogens with two attached hydrogens (primary N) is 1. The van der Waals surface area contributed by atoms with Crippen LogP contribution in [0.1, 0.15) is 38.3 Å². The van der Waals surface area contributed by atoms with Crippen LogP contribution in [0.4, 0.5) is 0 Å². The normalized spacial score (nSPS) is 12.5. The van der Waals surface area contributed by atoms with Gasteiger partial charge in [-0.1, -0.05) is 43.7 Å². The van der Waals surface area contributed by atoms with Crippen molar-refractivity contribution in [1.29, 1.82) is 0 Å². The quantitative estimate of drug-likeness (QED) is 0.832. The predicted octanol–water partition coefficient (Wildman–Crippen LogP) is 2.96. The molecule has 3 nitrogen and oxygen atoms in total. The molecule has 0 aliphatic rings. The van der Waals surface area contributed by atoms with Crippen molar-refractivity contribution < 1.29 is 4.79 Å². The van der Waals surface area contributed by atoms with Gasteiger partial charge in [0.1, 0.15) is 0 Å². The van der Waals surface area contributed by atoms with Gasteiger partial charge in [0, 0.05) is 19.6 Å². The van der Waals surface area contributed by atoms with Crippen LogP contribution in [0.3, 0.4) is 0 Å². The third-order valence-corrected chi connectivity index (χ3v) is 3.54. The smallest absolute Gasteiger partial charge is 0.227 e. The Morgan fingerprint density at radius 1 is 1.35 bits per heavy atom. The van der Waals surface area contributed by atoms with Gasteiger partial charge in [0.25, 0.3) is 0 Å². The molecule has 0 heterocycles. The van der Waals surface area contributed by atoms with Crippen molar-refractivity contribution in [1.82, 2.24) is 4.90 Å². The first-order valence-electron chi connectivity index (χ1n) is 7.52. The van der Waals surface area contributed by atoms with E-state index in [9.17, 15) is 4.79 Å². The third kappa shape index (κ3) is 4.97. The van der Waals surface area contributed by atoms with Crippen molar-refractivity contribution in [2.75, 3.05) is 13.1 Å². The van der Waals surface area contributed by atoms with Crippen LogP contribution in [0, 0.1) is 18.8 Å². The van der Waals surface area contributed by atoms with Gasteiger partial charge < -0.3 is 10.6 Å². The van der Waals surface area contributed by atoms with Gasteiger partial charge in [-0.15, -0.1) is 0 Å². The lowest BCUT2D eigenvalue weighted by molar-refractivity contribution is -0.136. The standard InChI is InChI=1S/C17H28N2O/c1-5-19(12-15-8-6-7-14(4)10-15)17(20)16(11-18)9-13(2)3/h6-8,10,13,16H,5,9,11-12,18H2,1-4H3. The lowest BCUT2D eigenvalue weighted by atomic mass is 9.95. The van der Waals surface area contributed by atoms with Crippen molar-refractivity contribution in [2.24, 2.45) is 17.6 Å². The van der Waals surface area contributed by atoms with Crippen molar-refractivity contribution in [3.05, 3.63) is 35.4 Å². The molecule has 0 spiro atoms.